The molecule has 6 nitrogen and oxygen atoms in total. The van der Waals surface area contributed by atoms with E-state index >= 15 is 0 Å². The van der Waals surface area contributed by atoms with E-state index in [1.54, 1.807) is 0 Å². The zero-order chi connectivity index (χ0) is 26.6. The Kier molecular flexibility index (Phi) is 11.1. The van der Waals surface area contributed by atoms with Crippen molar-refractivity contribution >= 4 is 11.9 Å². The van der Waals surface area contributed by atoms with E-state index in [-0.39, 0.29) is 17.9 Å². The van der Waals surface area contributed by atoms with E-state index in [4.69, 9.17) is 9.47 Å². The maximum absolute atomic E-state index is 12.9. The maximum atomic E-state index is 12.9. The van der Waals surface area contributed by atoms with E-state index < -0.39 is 0 Å². The quantitative estimate of drug-likeness (QED) is 0.167. The number of aromatic amines is 2. The summed E-state index contributed by atoms with van der Waals surface area (Å²) < 4.78 is 10.8. The van der Waals surface area contributed by atoms with Crippen LogP contribution in [0.25, 0.3) is 0 Å². The number of hydrogen-bond donors (Lipinski definition) is 2. The number of carbonyl (C=O) groups is 2. The molecule has 0 atom stereocenters. The van der Waals surface area contributed by atoms with Gasteiger partial charge in [0.15, 0.2) is 0 Å². The highest BCUT2D eigenvalue weighted by molar-refractivity contribution is 5.90. The number of esters is 2. The molecule has 3 aromatic rings. The fraction of sp³-hybridized carbons (Fsp3) is 0.484. The summed E-state index contributed by atoms with van der Waals surface area (Å²) in [4.78, 5) is 32.5. The third-order valence-corrected chi connectivity index (χ3v) is 6.65. The van der Waals surface area contributed by atoms with Crippen LogP contribution in [0.15, 0.2) is 42.5 Å². The second kappa shape index (κ2) is 14.5. The largest absolute Gasteiger partial charge is 0.461 e. The molecule has 0 radical (unpaired) electrons. The Morgan fingerprint density at radius 1 is 0.703 bits per heavy atom. The van der Waals surface area contributed by atoms with Gasteiger partial charge in [-0.25, -0.2) is 9.59 Å². The topological polar surface area (TPSA) is 84.2 Å². The van der Waals surface area contributed by atoms with Gasteiger partial charge in [0.2, 0.25) is 0 Å². The number of aryl methyl sites for hydroxylation is 2. The highest BCUT2D eigenvalue weighted by Gasteiger charge is 2.27. The Labute approximate surface area is 221 Å². The van der Waals surface area contributed by atoms with E-state index in [9.17, 15) is 9.59 Å². The highest BCUT2D eigenvalue weighted by atomic mass is 16.5. The molecule has 2 heterocycles. The van der Waals surface area contributed by atoms with Crippen molar-refractivity contribution in [2.24, 2.45) is 0 Å². The minimum Gasteiger partial charge on any atom is -0.461 e. The number of rotatable bonds is 15. The van der Waals surface area contributed by atoms with Gasteiger partial charge in [0.1, 0.15) is 11.4 Å². The first-order valence-electron chi connectivity index (χ1n) is 13.9. The second-order valence-corrected chi connectivity index (χ2v) is 9.45. The van der Waals surface area contributed by atoms with E-state index in [1.807, 2.05) is 32.0 Å². The molecule has 200 valence electrons. The lowest BCUT2D eigenvalue weighted by molar-refractivity contribution is 0.0509. The molecule has 3 rings (SSSR count). The Balaban J connectivity index is 2.11. The minimum absolute atomic E-state index is 0.206. The van der Waals surface area contributed by atoms with E-state index in [0.29, 0.717) is 24.6 Å². The van der Waals surface area contributed by atoms with Gasteiger partial charge in [0, 0.05) is 11.4 Å². The number of aromatic nitrogens is 2. The molecule has 0 saturated carbocycles. The van der Waals surface area contributed by atoms with Crippen LogP contribution in [0.2, 0.25) is 0 Å². The molecule has 0 bridgehead atoms. The van der Waals surface area contributed by atoms with Crippen LogP contribution >= 0.6 is 0 Å². The van der Waals surface area contributed by atoms with Gasteiger partial charge in [0.25, 0.3) is 0 Å². The fourth-order valence-corrected chi connectivity index (χ4v) is 4.82. The van der Waals surface area contributed by atoms with Crippen molar-refractivity contribution in [1.29, 1.82) is 0 Å². The summed E-state index contributed by atoms with van der Waals surface area (Å²) in [5.74, 6) is -0.862. The van der Waals surface area contributed by atoms with Crippen LogP contribution in [0.5, 0.6) is 0 Å². The summed E-state index contributed by atoms with van der Waals surface area (Å²) in [7, 11) is 0. The molecule has 0 spiro atoms. The molecule has 2 aromatic heterocycles. The van der Waals surface area contributed by atoms with Crippen molar-refractivity contribution in [2.45, 2.75) is 85.0 Å². The normalized spacial score (nSPS) is 11.2. The Hall–Kier alpha value is -3.28. The lowest BCUT2D eigenvalue weighted by Crippen LogP contribution is -2.10. The minimum atomic E-state index is -0.328. The molecule has 0 fully saturated rings. The number of nitrogens with one attached hydrogen (secondary N) is 2. The van der Waals surface area contributed by atoms with Crippen LogP contribution in [-0.4, -0.2) is 35.1 Å². The number of unbranched alkanes of at least 4 members (excludes halogenated alkanes) is 4. The number of hydrogen-bond acceptors (Lipinski definition) is 4. The van der Waals surface area contributed by atoms with Gasteiger partial charge in [0.05, 0.1) is 19.1 Å². The Morgan fingerprint density at radius 2 is 1.16 bits per heavy atom. The first-order valence-corrected chi connectivity index (χ1v) is 13.9. The van der Waals surface area contributed by atoms with Crippen LogP contribution in [0.4, 0.5) is 0 Å². The summed E-state index contributed by atoms with van der Waals surface area (Å²) in [6.07, 6.45) is 8.05. The molecule has 0 aliphatic heterocycles. The maximum Gasteiger partial charge on any atom is 0.355 e. The monoisotopic (exact) mass is 506 g/mol. The average Bonchev–Trinajstić information content (AvgIpc) is 3.50. The lowest BCUT2D eigenvalue weighted by atomic mass is 9.91. The molecule has 0 aliphatic carbocycles. The summed E-state index contributed by atoms with van der Waals surface area (Å²) in [5.41, 5.74) is 5.86. The summed E-state index contributed by atoms with van der Waals surface area (Å²) >= 11 is 0. The van der Waals surface area contributed by atoms with Crippen LogP contribution in [0, 0.1) is 0 Å². The van der Waals surface area contributed by atoms with Gasteiger partial charge in [-0.1, -0.05) is 69.9 Å². The highest BCUT2D eigenvalue weighted by Crippen LogP contribution is 2.34. The van der Waals surface area contributed by atoms with Crippen LogP contribution < -0.4 is 0 Å². The molecule has 6 heteroatoms. The molecule has 1 aromatic carbocycles. The van der Waals surface area contributed by atoms with Crippen molar-refractivity contribution in [3.8, 4) is 0 Å². The SMILES string of the molecule is CCCCCc1cc(C(c2ccccc2)c2cc(CCCCC)c(C(=O)OCC)[nH]2)[nH]c1C(=O)OCC. The number of ether oxygens (including phenoxy) is 2. The average molecular weight is 507 g/mol. The van der Waals surface area contributed by atoms with Gasteiger partial charge in [-0.3, -0.25) is 0 Å². The molecule has 0 aliphatic rings. The third kappa shape index (κ3) is 7.37. The van der Waals surface area contributed by atoms with Crippen LogP contribution in [0.1, 0.15) is 121 Å². The van der Waals surface area contributed by atoms with Crippen molar-refractivity contribution in [3.63, 3.8) is 0 Å². The van der Waals surface area contributed by atoms with Crippen molar-refractivity contribution in [3.05, 3.63) is 81.9 Å². The van der Waals surface area contributed by atoms with E-state index in [1.165, 1.54) is 0 Å². The summed E-state index contributed by atoms with van der Waals surface area (Å²) in [6, 6.07) is 14.4. The van der Waals surface area contributed by atoms with Gasteiger partial charge < -0.3 is 19.4 Å². The van der Waals surface area contributed by atoms with Crippen LogP contribution in [-0.2, 0) is 22.3 Å². The van der Waals surface area contributed by atoms with Gasteiger partial charge >= 0.3 is 11.9 Å². The smallest absolute Gasteiger partial charge is 0.355 e. The van der Waals surface area contributed by atoms with Crippen LogP contribution in [0.3, 0.4) is 0 Å². The molecule has 0 unspecified atom stereocenters. The number of benzene rings is 1. The predicted octanol–water partition coefficient (Wildman–Crippen LogP) is 7.34. The van der Waals surface area contributed by atoms with Gasteiger partial charge in [-0.2, -0.15) is 0 Å². The zero-order valence-corrected chi connectivity index (χ0v) is 22.8. The molecular weight excluding hydrogens is 464 g/mol. The summed E-state index contributed by atoms with van der Waals surface area (Å²) in [5, 5.41) is 0. The zero-order valence-electron chi connectivity index (χ0n) is 22.8. The predicted molar refractivity (Wildman–Crippen MR) is 147 cm³/mol. The lowest BCUT2D eigenvalue weighted by Gasteiger charge is -2.15. The molecule has 0 amide bonds. The van der Waals surface area contributed by atoms with Gasteiger partial charge in [-0.05, 0) is 68.4 Å². The van der Waals surface area contributed by atoms with E-state index in [2.05, 4.69) is 48.1 Å². The summed E-state index contributed by atoms with van der Waals surface area (Å²) in [6.45, 7) is 8.63. The standard InChI is InChI=1S/C31H42N2O4/c1-5-9-12-18-23-20-25(32-28(23)30(34)36-7-3)27(22-16-14-11-15-17-22)26-21-24(19-13-10-6-2)29(33-26)31(35)37-8-4/h11,14-17,20-21,27,32-33H,5-10,12-13,18-19H2,1-4H3. The molecular formula is C31H42N2O4. The van der Waals surface area contributed by atoms with Crippen molar-refractivity contribution in [1.82, 2.24) is 9.97 Å². The first kappa shape index (κ1) is 28.3. The van der Waals surface area contributed by atoms with Crippen molar-refractivity contribution < 1.29 is 19.1 Å². The fourth-order valence-electron chi connectivity index (χ4n) is 4.82. The number of carbonyl (C=O) groups excluding carboxylic acids is 2. The van der Waals surface area contributed by atoms with Gasteiger partial charge in [-0.15, -0.1) is 0 Å². The van der Waals surface area contributed by atoms with Crippen molar-refractivity contribution in [2.75, 3.05) is 13.2 Å². The molecule has 0 saturated heterocycles. The molecule has 37 heavy (non-hydrogen) atoms. The second-order valence-electron chi connectivity index (χ2n) is 9.45. The molecule has 2 N–H and O–H groups in total. The third-order valence-electron chi connectivity index (χ3n) is 6.65. The Bertz CT molecular complexity index is 1060. The number of H-pyrrole nitrogens is 2. The van der Waals surface area contributed by atoms with E-state index in [0.717, 1.165) is 79.4 Å². The Morgan fingerprint density at radius 3 is 1.57 bits per heavy atom. The first-order chi connectivity index (χ1) is 18.0.